The molecular formula is C26H26Cl3N3O4S. The third-order valence-corrected chi connectivity index (χ3v) is 8.39. The summed E-state index contributed by atoms with van der Waals surface area (Å²) in [5, 5.41) is 3.29. The quantitative estimate of drug-likeness (QED) is 0.347. The largest absolute Gasteiger partial charge is 0.355 e. The maximum absolute atomic E-state index is 13.8. The van der Waals surface area contributed by atoms with E-state index >= 15 is 0 Å². The number of amides is 2. The zero-order chi connectivity index (χ0) is 27.2. The van der Waals surface area contributed by atoms with Gasteiger partial charge in [-0.15, -0.1) is 0 Å². The van der Waals surface area contributed by atoms with Crippen LogP contribution >= 0.6 is 34.8 Å². The molecule has 0 aromatic heterocycles. The van der Waals surface area contributed by atoms with E-state index in [1.165, 1.54) is 29.2 Å². The average Bonchev–Trinajstić information content (AvgIpc) is 2.88. The molecule has 0 saturated carbocycles. The van der Waals surface area contributed by atoms with E-state index in [2.05, 4.69) is 5.32 Å². The molecule has 3 aromatic rings. The van der Waals surface area contributed by atoms with Crippen LogP contribution in [0.15, 0.2) is 77.7 Å². The van der Waals surface area contributed by atoms with Crippen LogP contribution in [-0.4, -0.2) is 44.3 Å². The molecule has 11 heteroatoms. The summed E-state index contributed by atoms with van der Waals surface area (Å²) in [5.41, 5.74) is 0.718. The fourth-order valence-electron chi connectivity index (χ4n) is 3.65. The van der Waals surface area contributed by atoms with Gasteiger partial charge >= 0.3 is 0 Å². The van der Waals surface area contributed by atoms with Crippen molar-refractivity contribution in [3.63, 3.8) is 0 Å². The van der Waals surface area contributed by atoms with Gasteiger partial charge in [0.05, 0.1) is 20.6 Å². The van der Waals surface area contributed by atoms with Crippen LogP contribution in [0.3, 0.4) is 0 Å². The molecule has 0 unspecified atom stereocenters. The fraction of sp³-hybridized carbons (Fsp3) is 0.231. The molecule has 0 fully saturated rings. The summed E-state index contributed by atoms with van der Waals surface area (Å²) < 4.78 is 28.4. The monoisotopic (exact) mass is 581 g/mol. The van der Waals surface area contributed by atoms with E-state index in [1.807, 2.05) is 0 Å². The van der Waals surface area contributed by atoms with Crippen molar-refractivity contribution in [3.8, 4) is 0 Å². The summed E-state index contributed by atoms with van der Waals surface area (Å²) in [6, 6.07) is 18.2. The Labute approximate surface area is 232 Å². The van der Waals surface area contributed by atoms with Gasteiger partial charge in [0.1, 0.15) is 12.6 Å². The van der Waals surface area contributed by atoms with Crippen molar-refractivity contribution in [1.82, 2.24) is 10.2 Å². The van der Waals surface area contributed by atoms with Crippen LogP contribution in [0.5, 0.6) is 0 Å². The van der Waals surface area contributed by atoms with Crippen molar-refractivity contribution in [2.24, 2.45) is 0 Å². The Bertz CT molecular complexity index is 1370. The van der Waals surface area contributed by atoms with Crippen molar-refractivity contribution in [3.05, 3.63) is 93.4 Å². The minimum absolute atomic E-state index is 0.0189. The number of hydrogen-bond acceptors (Lipinski definition) is 4. The number of carbonyl (C=O) groups is 2. The summed E-state index contributed by atoms with van der Waals surface area (Å²) in [5.74, 6) is -0.995. The number of halogens is 3. The number of nitrogens with one attached hydrogen (secondary N) is 1. The number of carbonyl (C=O) groups excluding carboxylic acids is 2. The van der Waals surface area contributed by atoms with Crippen molar-refractivity contribution in [2.75, 3.05) is 17.4 Å². The third-order valence-electron chi connectivity index (χ3n) is 5.57. The second-order valence-corrected chi connectivity index (χ2v) is 11.2. The normalized spacial score (nSPS) is 12.0. The highest BCUT2D eigenvalue weighted by Gasteiger charge is 2.33. The predicted molar refractivity (Wildman–Crippen MR) is 148 cm³/mol. The third kappa shape index (κ3) is 6.96. The number of hydrogen-bond donors (Lipinski definition) is 1. The van der Waals surface area contributed by atoms with E-state index in [0.717, 1.165) is 4.31 Å². The number of likely N-dealkylation sites (N-methyl/N-ethyl adjacent to an activating group) is 1. The second kappa shape index (κ2) is 12.6. The Balaban J connectivity index is 2.07. The van der Waals surface area contributed by atoms with Gasteiger partial charge in [0, 0.05) is 18.1 Å². The molecule has 196 valence electrons. The Hall–Kier alpha value is -2.78. The second-order valence-electron chi connectivity index (χ2n) is 8.12. The number of benzene rings is 3. The fourth-order valence-corrected chi connectivity index (χ4v) is 5.76. The summed E-state index contributed by atoms with van der Waals surface area (Å²) in [6.45, 7) is 3.12. The zero-order valence-corrected chi connectivity index (χ0v) is 23.3. The smallest absolute Gasteiger partial charge is 0.264 e. The molecule has 1 N–H and O–H groups in total. The summed E-state index contributed by atoms with van der Waals surface area (Å²) in [6.07, 6.45) is 0. The lowest BCUT2D eigenvalue weighted by Crippen LogP contribution is -2.51. The number of anilines is 1. The van der Waals surface area contributed by atoms with Crippen molar-refractivity contribution in [1.29, 1.82) is 0 Å². The van der Waals surface area contributed by atoms with Crippen molar-refractivity contribution in [2.45, 2.75) is 31.3 Å². The van der Waals surface area contributed by atoms with Gasteiger partial charge in [-0.1, -0.05) is 71.2 Å². The lowest BCUT2D eigenvalue weighted by atomic mass is 10.1. The van der Waals surface area contributed by atoms with Crippen LogP contribution in [0.4, 0.5) is 5.69 Å². The topological polar surface area (TPSA) is 86.8 Å². The van der Waals surface area contributed by atoms with E-state index in [9.17, 15) is 18.0 Å². The van der Waals surface area contributed by atoms with Gasteiger partial charge in [-0.2, -0.15) is 0 Å². The van der Waals surface area contributed by atoms with Gasteiger partial charge in [-0.05, 0) is 55.8 Å². The molecule has 0 bridgehead atoms. The first-order chi connectivity index (χ1) is 17.6. The number of sulfonamides is 1. The summed E-state index contributed by atoms with van der Waals surface area (Å²) >= 11 is 18.7. The van der Waals surface area contributed by atoms with Crippen LogP contribution in [0.2, 0.25) is 15.1 Å². The first-order valence-corrected chi connectivity index (χ1v) is 14.0. The number of rotatable bonds is 10. The summed E-state index contributed by atoms with van der Waals surface area (Å²) in [7, 11) is -4.24. The van der Waals surface area contributed by atoms with Crippen LogP contribution in [0, 0.1) is 0 Å². The maximum Gasteiger partial charge on any atom is 0.264 e. The lowest BCUT2D eigenvalue weighted by molar-refractivity contribution is -0.139. The minimum Gasteiger partial charge on any atom is -0.355 e. The Morgan fingerprint density at radius 2 is 1.62 bits per heavy atom. The standard InChI is InChI=1S/C26H26Cl3N3O4S/c1-3-30-26(34)18(2)31(16-19-9-7-10-20(27)15-19)24(33)17-32(23-14-8-13-22(28)25(23)29)37(35,36)21-11-5-4-6-12-21/h4-15,18H,3,16-17H2,1-2H3,(H,30,34)/t18-/m0/s1. The first-order valence-electron chi connectivity index (χ1n) is 11.4. The van der Waals surface area contributed by atoms with E-state index in [0.29, 0.717) is 17.1 Å². The van der Waals surface area contributed by atoms with Gasteiger partial charge in [0.15, 0.2) is 0 Å². The molecule has 3 aromatic carbocycles. The van der Waals surface area contributed by atoms with E-state index < -0.39 is 28.5 Å². The Morgan fingerprint density at radius 1 is 0.946 bits per heavy atom. The van der Waals surface area contributed by atoms with Gasteiger partial charge in [0.2, 0.25) is 11.8 Å². The average molecular weight is 583 g/mol. The molecule has 0 aliphatic rings. The van der Waals surface area contributed by atoms with E-state index in [1.54, 1.807) is 62.4 Å². The van der Waals surface area contributed by atoms with Gasteiger partial charge in [-0.25, -0.2) is 8.42 Å². The molecule has 2 amide bonds. The highest BCUT2D eigenvalue weighted by atomic mass is 35.5. The molecule has 0 aliphatic heterocycles. The van der Waals surface area contributed by atoms with Crippen LogP contribution in [0.1, 0.15) is 19.4 Å². The van der Waals surface area contributed by atoms with Crippen LogP contribution in [0.25, 0.3) is 0 Å². The SMILES string of the molecule is CCNC(=O)[C@H](C)N(Cc1cccc(Cl)c1)C(=O)CN(c1cccc(Cl)c1Cl)S(=O)(=O)c1ccccc1. The van der Waals surface area contributed by atoms with Gasteiger partial charge < -0.3 is 10.2 Å². The Morgan fingerprint density at radius 3 is 2.27 bits per heavy atom. The highest BCUT2D eigenvalue weighted by Crippen LogP contribution is 2.35. The molecule has 3 rings (SSSR count). The molecule has 0 heterocycles. The van der Waals surface area contributed by atoms with Crippen molar-refractivity contribution < 1.29 is 18.0 Å². The molecule has 0 saturated heterocycles. The van der Waals surface area contributed by atoms with Crippen molar-refractivity contribution >= 4 is 62.3 Å². The van der Waals surface area contributed by atoms with E-state index in [4.69, 9.17) is 34.8 Å². The van der Waals surface area contributed by atoms with E-state index in [-0.39, 0.29) is 33.1 Å². The lowest BCUT2D eigenvalue weighted by Gasteiger charge is -2.32. The molecule has 37 heavy (non-hydrogen) atoms. The molecule has 1 atom stereocenters. The van der Waals surface area contributed by atoms with Crippen LogP contribution < -0.4 is 9.62 Å². The Kier molecular flexibility index (Phi) is 9.84. The van der Waals surface area contributed by atoms with Gasteiger partial charge in [0.25, 0.3) is 10.0 Å². The molecule has 0 spiro atoms. The predicted octanol–water partition coefficient (Wildman–Crippen LogP) is 5.40. The van der Waals surface area contributed by atoms with Gasteiger partial charge in [-0.3, -0.25) is 13.9 Å². The molecule has 0 radical (unpaired) electrons. The summed E-state index contributed by atoms with van der Waals surface area (Å²) in [4.78, 5) is 27.8. The molecule has 7 nitrogen and oxygen atoms in total. The minimum atomic E-state index is -4.24. The molecule has 0 aliphatic carbocycles. The first kappa shape index (κ1) is 28.8. The molecular weight excluding hydrogens is 557 g/mol. The maximum atomic E-state index is 13.8. The zero-order valence-electron chi connectivity index (χ0n) is 20.2. The number of nitrogens with zero attached hydrogens (tertiary/aromatic N) is 2. The highest BCUT2D eigenvalue weighted by molar-refractivity contribution is 7.92. The van der Waals surface area contributed by atoms with Crippen LogP contribution in [-0.2, 0) is 26.2 Å².